The van der Waals surface area contributed by atoms with Crippen LogP contribution >= 0.6 is 11.3 Å². The van der Waals surface area contributed by atoms with E-state index in [0.717, 1.165) is 5.56 Å². The topological polar surface area (TPSA) is 81.4 Å². The minimum absolute atomic E-state index is 0.167. The van der Waals surface area contributed by atoms with Crippen molar-refractivity contribution in [1.29, 1.82) is 0 Å². The van der Waals surface area contributed by atoms with Crippen LogP contribution in [0.5, 0.6) is 0 Å². The number of anilines is 1. The molecule has 0 saturated carbocycles. The molecule has 0 radical (unpaired) electrons. The maximum absolute atomic E-state index is 13.0. The molecule has 4 aromatic rings. The number of aromatic nitrogens is 1. The van der Waals surface area contributed by atoms with E-state index < -0.39 is 18.0 Å². The number of carbonyl (C=O) groups is 2. The summed E-state index contributed by atoms with van der Waals surface area (Å²) in [6.07, 6.45) is 0.424. The second kappa shape index (κ2) is 8.97. The van der Waals surface area contributed by atoms with Gasteiger partial charge in [-0.05, 0) is 38.1 Å². The fraction of sp³-hybridized carbons (Fsp3) is 0.125. The van der Waals surface area contributed by atoms with Crippen molar-refractivity contribution < 1.29 is 18.7 Å². The molecule has 0 aliphatic rings. The fourth-order valence-corrected chi connectivity index (χ4v) is 3.87. The number of ether oxygens (including phenoxy) is 1. The van der Waals surface area contributed by atoms with Crippen molar-refractivity contribution in [2.24, 2.45) is 0 Å². The Morgan fingerprint density at radius 3 is 2.42 bits per heavy atom. The third kappa shape index (κ3) is 4.73. The number of hydrogen-bond acceptors (Lipinski definition) is 6. The Morgan fingerprint density at radius 2 is 1.74 bits per heavy atom. The Labute approximate surface area is 183 Å². The summed E-state index contributed by atoms with van der Waals surface area (Å²) in [5, 5.41) is 3.40. The molecule has 1 amide bonds. The molecule has 0 aliphatic heterocycles. The molecule has 4 rings (SSSR count). The van der Waals surface area contributed by atoms with E-state index in [-0.39, 0.29) is 5.69 Å². The minimum atomic E-state index is -1.12. The molecule has 31 heavy (non-hydrogen) atoms. The van der Waals surface area contributed by atoms with Crippen molar-refractivity contribution in [3.8, 4) is 10.8 Å². The summed E-state index contributed by atoms with van der Waals surface area (Å²) in [4.78, 5) is 31.0. The third-order valence-corrected chi connectivity index (χ3v) is 5.59. The van der Waals surface area contributed by atoms with Gasteiger partial charge in [-0.2, -0.15) is 0 Å². The van der Waals surface area contributed by atoms with Gasteiger partial charge in [0.15, 0.2) is 16.5 Å². The van der Waals surface area contributed by atoms with Gasteiger partial charge in [-0.15, -0.1) is 11.3 Å². The zero-order valence-electron chi connectivity index (χ0n) is 17.0. The molecular weight excluding hydrogens is 412 g/mol. The second-order valence-corrected chi connectivity index (χ2v) is 8.16. The molecule has 0 aliphatic carbocycles. The number of esters is 1. The molecule has 0 bridgehead atoms. The number of nitrogens with zero attached hydrogens (tertiary/aromatic N) is 1. The average Bonchev–Trinajstić information content (AvgIpc) is 3.44. The lowest BCUT2D eigenvalue weighted by Gasteiger charge is -2.18. The number of thiazole rings is 1. The van der Waals surface area contributed by atoms with Crippen LogP contribution in [0, 0.1) is 13.8 Å². The van der Waals surface area contributed by atoms with E-state index in [1.807, 2.05) is 25.1 Å². The largest absolute Gasteiger partial charge is 0.462 e. The van der Waals surface area contributed by atoms with Crippen LogP contribution in [-0.2, 0) is 9.53 Å². The van der Waals surface area contributed by atoms with Gasteiger partial charge in [-0.3, -0.25) is 4.79 Å². The second-order valence-electron chi connectivity index (χ2n) is 6.95. The van der Waals surface area contributed by atoms with E-state index in [1.54, 1.807) is 61.7 Å². The van der Waals surface area contributed by atoms with E-state index in [1.165, 1.54) is 11.3 Å². The normalized spacial score (nSPS) is 11.7. The smallest absolute Gasteiger partial charge is 0.359 e. The van der Waals surface area contributed by atoms with Crippen molar-refractivity contribution >= 4 is 28.9 Å². The number of hydrogen-bond donors (Lipinski definition) is 1. The van der Waals surface area contributed by atoms with Crippen LogP contribution in [0.2, 0.25) is 0 Å². The van der Waals surface area contributed by atoms with Gasteiger partial charge in [-0.1, -0.05) is 48.0 Å². The summed E-state index contributed by atoms with van der Waals surface area (Å²) in [6.45, 7) is 3.75. The molecule has 7 heteroatoms. The van der Waals surface area contributed by atoms with E-state index in [2.05, 4.69) is 10.3 Å². The lowest BCUT2D eigenvalue weighted by molar-refractivity contribution is -0.125. The number of aryl methyl sites for hydroxylation is 2. The number of carbonyl (C=O) groups excluding carboxylic acids is 2. The fourth-order valence-electron chi connectivity index (χ4n) is 3.00. The molecule has 2 aromatic carbocycles. The molecule has 1 unspecified atom stereocenters. The number of amides is 1. The SMILES string of the molecule is Cc1ccc(NC(=O)C(OC(=O)c2nc(-c3ccco3)sc2C)c2ccccc2)cc1. The highest BCUT2D eigenvalue weighted by molar-refractivity contribution is 7.15. The van der Waals surface area contributed by atoms with E-state index >= 15 is 0 Å². The number of benzene rings is 2. The summed E-state index contributed by atoms with van der Waals surface area (Å²) in [5.74, 6) is -0.536. The van der Waals surface area contributed by atoms with Crippen LogP contribution in [0.3, 0.4) is 0 Å². The van der Waals surface area contributed by atoms with E-state index in [9.17, 15) is 9.59 Å². The summed E-state index contributed by atoms with van der Waals surface area (Å²) < 4.78 is 11.0. The van der Waals surface area contributed by atoms with Gasteiger partial charge in [0.05, 0.1) is 6.26 Å². The maximum atomic E-state index is 13.0. The van der Waals surface area contributed by atoms with Gasteiger partial charge in [0.1, 0.15) is 0 Å². The van der Waals surface area contributed by atoms with Crippen LogP contribution in [0.15, 0.2) is 77.4 Å². The van der Waals surface area contributed by atoms with Crippen molar-refractivity contribution in [3.05, 3.63) is 94.7 Å². The summed E-state index contributed by atoms with van der Waals surface area (Å²) in [6, 6.07) is 19.8. The van der Waals surface area contributed by atoms with Crippen LogP contribution < -0.4 is 5.32 Å². The molecule has 0 saturated heterocycles. The van der Waals surface area contributed by atoms with Gasteiger partial charge in [0.2, 0.25) is 6.10 Å². The Morgan fingerprint density at radius 1 is 1.00 bits per heavy atom. The summed E-state index contributed by atoms with van der Waals surface area (Å²) in [7, 11) is 0. The van der Waals surface area contributed by atoms with Crippen molar-refractivity contribution in [1.82, 2.24) is 4.98 Å². The van der Waals surface area contributed by atoms with Gasteiger partial charge in [-0.25, -0.2) is 9.78 Å². The third-order valence-electron chi connectivity index (χ3n) is 4.61. The first kappa shape index (κ1) is 20.6. The minimum Gasteiger partial charge on any atom is -0.462 e. The van der Waals surface area contributed by atoms with Crippen molar-refractivity contribution in [2.45, 2.75) is 20.0 Å². The van der Waals surface area contributed by atoms with Crippen LogP contribution in [-0.4, -0.2) is 16.9 Å². The molecule has 2 aromatic heterocycles. The van der Waals surface area contributed by atoms with E-state index in [0.29, 0.717) is 26.9 Å². The highest BCUT2D eigenvalue weighted by Gasteiger charge is 2.28. The van der Waals surface area contributed by atoms with E-state index in [4.69, 9.17) is 9.15 Å². The van der Waals surface area contributed by atoms with Crippen molar-refractivity contribution in [2.75, 3.05) is 5.32 Å². The lowest BCUT2D eigenvalue weighted by atomic mass is 10.1. The predicted molar refractivity (Wildman–Crippen MR) is 119 cm³/mol. The maximum Gasteiger partial charge on any atom is 0.359 e. The zero-order chi connectivity index (χ0) is 21.8. The number of nitrogens with one attached hydrogen (secondary N) is 1. The number of furan rings is 1. The van der Waals surface area contributed by atoms with Crippen LogP contribution in [0.25, 0.3) is 10.8 Å². The Kier molecular flexibility index (Phi) is 5.95. The quantitative estimate of drug-likeness (QED) is 0.404. The average molecular weight is 433 g/mol. The van der Waals surface area contributed by atoms with Crippen molar-refractivity contribution in [3.63, 3.8) is 0 Å². The summed E-state index contributed by atoms with van der Waals surface area (Å²) in [5.41, 5.74) is 2.44. The number of rotatable bonds is 6. The predicted octanol–water partition coefficient (Wildman–Crippen LogP) is 5.56. The highest BCUT2D eigenvalue weighted by atomic mass is 32.1. The molecule has 0 spiro atoms. The molecule has 6 nitrogen and oxygen atoms in total. The van der Waals surface area contributed by atoms with Gasteiger partial charge < -0.3 is 14.5 Å². The van der Waals surface area contributed by atoms with Gasteiger partial charge in [0.25, 0.3) is 5.91 Å². The van der Waals surface area contributed by atoms with Gasteiger partial charge >= 0.3 is 5.97 Å². The van der Waals surface area contributed by atoms with Gasteiger partial charge in [0, 0.05) is 16.1 Å². The molecule has 1 N–H and O–H groups in total. The lowest BCUT2D eigenvalue weighted by Crippen LogP contribution is -2.26. The highest BCUT2D eigenvalue weighted by Crippen LogP contribution is 2.30. The molecule has 1 atom stereocenters. The monoisotopic (exact) mass is 432 g/mol. The standard InChI is InChI=1S/C24H20N2O4S/c1-15-10-12-18(13-11-15)25-22(27)21(17-7-4-3-5-8-17)30-24(28)20-16(2)31-23(26-20)19-9-6-14-29-19/h3-14,21H,1-2H3,(H,25,27). The first-order valence-corrected chi connectivity index (χ1v) is 10.5. The van der Waals surface area contributed by atoms with Crippen LogP contribution in [0.1, 0.15) is 32.6 Å². The Bertz CT molecular complexity index is 1180. The Balaban J connectivity index is 1.58. The Hall–Kier alpha value is -3.71. The first-order valence-electron chi connectivity index (χ1n) is 9.66. The molecule has 2 heterocycles. The first-order chi connectivity index (χ1) is 15.0. The zero-order valence-corrected chi connectivity index (χ0v) is 17.8. The molecule has 156 valence electrons. The van der Waals surface area contributed by atoms with Crippen LogP contribution in [0.4, 0.5) is 5.69 Å². The molecular formula is C24H20N2O4S. The molecule has 0 fully saturated rings. The summed E-state index contributed by atoms with van der Waals surface area (Å²) >= 11 is 1.33.